The Morgan fingerprint density at radius 2 is 1.60 bits per heavy atom. The van der Waals surface area contributed by atoms with Crippen LogP contribution in [0.5, 0.6) is 5.75 Å². The Balaban J connectivity index is 1.34. The predicted octanol–water partition coefficient (Wildman–Crippen LogP) is 2.82. The number of hydrogen-bond donors (Lipinski definition) is 2. The van der Waals surface area contributed by atoms with Gasteiger partial charge in [0.05, 0.1) is 6.04 Å². The summed E-state index contributed by atoms with van der Waals surface area (Å²) in [6.45, 7) is 6.49. The predicted molar refractivity (Wildman–Crippen MR) is 122 cm³/mol. The summed E-state index contributed by atoms with van der Waals surface area (Å²) in [5.41, 5.74) is 4.08. The molecule has 0 aromatic heterocycles. The summed E-state index contributed by atoms with van der Waals surface area (Å²) in [5, 5.41) is 6.92. The molecule has 0 radical (unpaired) electrons. The van der Waals surface area contributed by atoms with Crippen LogP contribution < -0.4 is 20.3 Å². The number of likely N-dealkylation sites (N-methyl/N-ethyl adjacent to an activating group) is 1. The van der Waals surface area contributed by atoms with Crippen LogP contribution in [-0.2, 0) is 6.42 Å². The zero-order valence-corrected chi connectivity index (χ0v) is 18.0. The molecule has 2 aromatic rings. The minimum atomic E-state index is 0.0890. The fourth-order valence-corrected chi connectivity index (χ4v) is 5.33. The van der Waals surface area contributed by atoms with Crippen LogP contribution in [0.2, 0.25) is 0 Å². The number of anilines is 1. The number of ether oxygens (including phenoxy) is 1. The van der Waals surface area contributed by atoms with Gasteiger partial charge in [-0.05, 0) is 74.8 Å². The quantitative estimate of drug-likeness (QED) is 0.799. The lowest BCUT2D eigenvalue weighted by molar-refractivity contribution is 0.0570. The van der Waals surface area contributed by atoms with Gasteiger partial charge in [-0.1, -0.05) is 24.3 Å². The summed E-state index contributed by atoms with van der Waals surface area (Å²) in [6, 6.07) is 18.6. The Morgan fingerprint density at radius 1 is 0.900 bits per heavy atom. The van der Waals surface area contributed by atoms with Gasteiger partial charge in [0.2, 0.25) is 0 Å². The van der Waals surface area contributed by atoms with E-state index in [2.05, 4.69) is 76.0 Å². The number of nitrogens with zero attached hydrogens (tertiary/aromatic N) is 2. The molecule has 1 aliphatic carbocycles. The van der Waals surface area contributed by atoms with Gasteiger partial charge in [-0.3, -0.25) is 4.90 Å². The van der Waals surface area contributed by atoms with Gasteiger partial charge in [0, 0.05) is 37.9 Å². The van der Waals surface area contributed by atoms with E-state index in [0.717, 1.165) is 51.4 Å². The minimum absolute atomic E-state index is 0.0890. The molecular weight excluding hydrogens is 372 g/mol. The van der Waals surface area contributed by atoms with E-state index in [1.54, 1.807) is 0 Å². The molecule has 2 N–H and O–H groups in total. The lowest BCUT2D eigenvalue weighted by Gasteiger charge is -2.38. The number of piperidine rings is 1. The molecule has 0 unspecified atom stereocenters. The van der Waals surface area contributed by atoms with Gasteiger partial charge in [0.15, 0.2) is 0 Å². The highest BCUT2D eigenvalue weighted by atomic mass is 16.5. The third-order valence-corrected chi connectivity index (χ3v) is 7.13. The third-order valence-electron chi connectivity index (χ3n) is 7.13. The number of rotatable bonds is 5. The van der Waals surface area contributed by atoms with Crippen molar-refractivity contribution in [1.29, 1.82) is 0 Å². The molecule has 30 heavy (non-hydrogen) atoms. The highest BCUT2D eigenvalue weighted by molar-refractivity contribution is 5.50. The van der Waals surface area contributed by atoms with E-state index in [9.17, 15) is 0 Å². The largest absolute Gasteiger partial charge is 0.484 e. The molecule has 160 valence electrons. The van der Waals surface area contributed by atoms with E-state index in [0.29, 0.717) is 12.1 Å². The highest BCUT2D eigenvalue weighted by Gasteiger charge is 2.39. The second-order valence-electron chi connectivity index (χ2n) is 8.89. The van der Waals surface area contributed by atoms with Gasteiger partial charge in [0.1, 0.15) is 11.9 Å². The average molecular weight is 407 g/mol. The summed E-state index contributed by atoms with van der Waals surface area (Å²) >= 11 is 0. The van der Waals surface area contributed by atoms with Crippen molar-refractivity contribution in [3.05, 3.63) is 59.7 Å². The van der Waals surface area contributed by atoms with Crippen LogP contribution in [0.1, 0.15) is 30.1 Å². The molecule has 0 saturated carbocycles. The number of benzene rings is 2. The van der Waals surface area contributed by atoms with E-state index in [-0.39, 0.29) is 6.10 Å². The van der Waals surface area contributed by atoms with Crippen LogP contribution in [-0.4, -0.2) is 63.3 Å². The molecule has 2 aromatic carbocycles. The Labute approximate surface area is 180 Å². The van der Waals surface area contributed by atoms with Crippen molar-refractivity contribution < 1.29 is 4.74 Å². The van der Waals surface area contributed by atoms with Crippen molar-refractivity contribution in [1.82, 2.24) is 15.5 Å². The molecule has 2 saturated heterocycles. The number of fused-ring (bicyclic) bond motifs is 1. The molecular formula is C25H34N4O. The molecule has 5 heteroatoms. The maximum absolute atomic E-state index is 6.68. The SMILES string of the molecule is CN(C1CCNCC1)[C@@H]1Cc2ccccc2[C@H]1Oc1ccc(N2CCNCC2)cc1. The maximum atomic E-state index is 6.68. The minimum Gasteiger partial charge on any atom is -0.484 e. The molecule has 2 aliphatic heterocycles. The van der Waals surface area contributed by atoms with E-state index >= 15 is 0 Å². The van der Waals surface area contributed by atoms with Gasteiger partial charge >= 0.3 is 0 Å². The van der Waals surface area contributed by atoms with E-state index in [1.807, 2.05) is 0 Å². The molecule has 0 bridgehead atoms. The van der Waals surface area contributed by atoms with Crippen LogP contribution in [0.15, 0.2) is 48.5 Å². The van der Waals surface area contributed by atoms with Gasteiger partial charge in [0.25, 0.3) is 0 Å². The second kappa shape index (κ2) is 8.96. The van der Waals surface area contributed by atoms with Crippen molar-refractivity contribution in [2.24, 2.45) is 0 Å². The van der Waals surface area contributed by atoms with Crippen LogP contribution in [0, 0.1) is 0 Å². The van der Waals surface area contributed by atoms with Crippen molar-refractivity contribution in [3.8, 4) is 5.75 Å². The van der Waals surface area contributed by atoms with E-state index < -0.39 is 0 Å². The van der Waals surface area contributed by atoms with Gasteiger partial charge < -0.3 is 20.3 Å². The smallest absolute Gasteiger partial charge is 0.140 e. The third kappa shape index (κ3) is 4.07. The molecule has 2 heterocycles. The molecule has 2 fully saturated rings. The second-order valence-corrected chi connectivity index (χ2v) is 8.89. The van der Waals surface area contributed by atoms with Crippen LogP contribution in [0.25, 0.3) is 0 Å². The Bertz CT molecular complexity index is 827. The summed E-state index contributed by atoms with van der Waals surface area (Å²) < 4.78 is 6.68. The summed E-state index contributed by atoms with van der Waals surface area (Å²) in [5.74, 6) is 0.972. The topological polar surface area (TPSA) is 39.8 Å². The van der Waals surface area contributed by atoms with Gasteiger partial charge in [-0.25, -0.2) is 0 Å². The Morgan fingerprint density at radius 3 is 2.37 bits per heavy atom. The zero-order valence-electron chi connectivity index (χ0n) is 18.0. The highest BCUT2D eigenvalue weighted by Crippen LogP contribution is 2.39. The molecule has 2 atom stereocenters. The number of hydrogen-bond acceptors (Lipinski definition) is 5. The lowest BCUT2D eigenvalue weighted by atomic mass is 10.0. The number of piperazine rings is 1. The standard InChI is InChI=1S/C25H34N4O/c1-28(20-10-12-26-13-11-20)24-18-19-4-2-3-5-23(19)25(24)30-22-8-6-21(7-9-22)29-16-14-27-15-17-29/h2-9,20,24-27H,10-18H2,1H3/t24-,25-/m1/s1. The van der Waals surface area contributed by atoms with E-state index in [4.69, 9.17) is 4.74 Å². The molecule has 5 rings (SSSR count). The van der Waals surface area contributed by atoms with E-state index in [1.165, 1.54) is 29.7 Å². The van der Waals surface area contributed by atoms with Crippen molar-refractivity contribution in [2.45, 2.75) is 37.5 Å². The van der Waals surface area contributed by atoms with Crippen molar-refractivity contribution in [2.75, 3.05) is 51.2 Å². The first kappa shape index (κ1) is 19.9. The fourth-order valence-electron chi connectivity index (χ4n) is 5.33. The summed E-state index contributed by atoms with van der Waals surface area (Å²) in [7, 11) is 2.30. The number of nitrogens with one attached hydrogen (secondary N) is 2. The molecule has 0 spiro atoms. The average Bonchev–Trinajstić information content (AvgIpc) is 3.18. The monoisotopic (exact) mass is 406 g/mol. The summed E-state index contributed by atoms with van der Waals surface area (Å²) in [6.07, 6.45) is 3.59. The maximum Gasteiger partial charge on any atom is 0.140 e. The lowest BCUT2D eigenvalue weighted by Crippen LogP contribution is -2.48. The zero-order chi connectivity index (χ0) is 20.3. The molecule has 0 amide bonds. The van der Waals surface area contributed by atoms with Crippen molar-refractivity contribution in [3.63, 3.8) is 0 Å². The molecule has 3 aliphatic rings. The van der Waals surface area contributed by atoms with Crippen LogP contribution in [0.3, 0.4) is 0 Å². The van der Waals surface area contributed by atoms with Gasteiger partial charge in [-0.15, -0.1) is 0 Å². The normalized spacial score (nSPS) is 24.8. The Hall–Kier alpha value is -2.08. The van der Waals surface area contributed by atoms with Crippen LogP contribution in [0.4, 0.5) is 5.69 Å². The first-order valence-corrected chi connectivity index (χ1v) is 11.5. The van der Waals surface area contributed by atoms with Gasteiger partial charge in [-0.2, -0.15) is 0 Å². The van der Waals surface area contributed by atoms with Crippen molar-refractivity contribution >= 4 is 5.69 Å². The fraction of sp³-hybridized carbons (Fsp3) is 0.520. The first-order chi connectivity index (χ1) is 14.8. The summed E-state index contributed by atoms with van der Waals surface area (Å²) in [4.78, 5) is 5.04. The Kier molecular flexibility index (Phi) is 5.93. The van der Waals surface area contributed by atoms with Crippen LogP contribution >= 0.6 is 0 Å². The molecule has 5 nitrogen and oxygen atoms in total. The first-order valence-electron chi connectivity index (χ1n) is 11.5.